The summed E-state index contributed by atoms with van der Waals surface area (Å²) in [5, 5.41) is 4.30. The summed E-state index contributed by atoms with van der Waals surface area (Å²) in [5.41, 5.74) is 2.70. The molecule has 0 atom stereocenters. The van der Waals surface area contributed by atoms with Gasteiger partial charge in [-0.1, -0.05) is 11.6 Å². The Morgan fingerprint density at radius 1 is 1.21 bits per heavy atom. The number of nitrogens with one attached hydrogen (secondary N) is 1. The van der Waals surface area contributed by atoms with Crippen LogP contribution >= 0.6 is 23.1 Å². The van der Waals surface area contributed by atoms with Gasteiger partial charge < -0.3 is 28.7 Å². The topological polar surface area (TPSA) is 96.2 Å². The highest BCUT2D eigenvalue weighted by molar-refractivity contribution is 7.10. The molecular weight excluding hydrogens is 468 g/mol. The molecule has 0 bridgehead atoms. The lowest BCUT2D eigenvalue weighted by molar-refractivity contribution is 0.0596. The van der Waals surface area contributed by atoms with Crippen LogP contribution in [0.4, 0.5) is 5.00 Å². The van der Waals surface area contributed by atoms with Crippen LogP contribution in [0.25, 0.3) is 5.52 Å². The summed E-state index contributed by atoms with van der Waals surface area (Å²) in [6, 6.07) is 7.31. The zero-order chi connectivity index (χ0) is 23.4. The second kappa shape index (κ2) is 9.97. The van der Waals surface area contributed by atoms with E-state index in [9.17, 15) is 4.79 Å². The summed E-state index contributed by atoms with van der Waals surface area (Å²) >= 11 is 7.41. The van der Waals surface area contributed by atoms with Gasteiger partial charge >= 0.3 is 5.97 Å². The maximum atomic E-state index is 12.5. The first-order valence-electron chi connectivity index (χ1n) is 9.79. The second-order valence-corrected chi connectivity index (χ2v) is 8.07. The second-order valence-electron chi connectivity index (χ2n) is 6.89. The van der Waals surface area contributed by atoms with Crippen molar-refractivity contribution < 1.29 is 23.7 Å². The third kappa shape index (κ3) is 4.81. The van der Waals surface area contributed by atoms with Crippen LogP contribution in [0, 0.1) is 0 Å². The predicted octanol–water partition coefficient (Wildman–Crippen LogP) is 4.44. The van der Waals surface area contributed by atoms with Gasteiger partial charge in [0, 0.05) is 29.9 Å². The first-order chi connectivity index (χ1) is 16.0. The third-order valence-corrected chi connectivity index (χ3v) is 5.98. The molecule has 0 fully saturated rings. The first kappa shape index (κ1) is 22.7. The number of methoxy groups -OCH3 is 3. The third-order valence-electron chi connectivity index (χ3n) is 4.89. The van der Waals surface area contributed by atoms with Crippen LogP contribution in [0.5, 0.6) is 17.4 Å². The number of carbonyl (C=O) groups excluding carboxylic acids is 1. The van der Waals surface area contributed by atoms with Crippen molar-refractivity contribution >= 4 is 39.6 Å². The van der Waals surface area contributed by atoms with Crippen LogP contribution in [-0.2, 0) is 17.9 Å². The molecule has 0 aliphatic heterocycles. The van der Waals surface area contributed by atoms with Crippen LogP contribution in [0.1, 0.15) is 21.5 Å². The van der Waals surface area contributed by atoms with Crippen molar-refractivity contribution in [2.24, 2.45) is 0 Å². The molecule has 172 valence electrons. The number of nitrogens with zero attached hydrogens (tertiary/aromatic N) is 3. The molecule has 1 aromatic carbocycles. The highest BCUT2D eigenvalue weighted by atomic mass is 35.5. The summed E-state index contributed by atoms with van der Waals surface area (Å²) in [6.07, 6.45) is 5.19. The number of imidazole rings is 1. The van der Waals surface area contributed by atoms with Crippen LogP contribution in [0.15, 0.2) is 43.0 Å². The van der Waals surface area contributed by atoms with Gasteiger partial charge in [-0.2, -0.15) is 4.37 Å². The maximum absolute atomic E-state index is 12.5. The number of anilines is 1. The molecule has 0 unspecified atom stereocenters. The number of fused-ring (bicyclic) bond motifs is 1. The number of hydrogen-bond acceptors (Lipinski definition) is 9. The van der Waals surface area contributed by atoms with Crippen LogP contribution < -0.4 is 19.5 Å². The van der Waals surface area contributed by atoms with E-state index in [0.717, 1.165) is 28.2 Å². The van der Waals surface area contributed by atoms with Gasteiger partial charge in [-0.05, 0) is 29.7 Å². The van der Waals surface area contributed by atoms with Crippen molar-refractivity contribution in [3.8, 4) is 17.4 Å². The lowest BCUT2D eigenvalue weighted by atomic mass is 10.2. The largest absolute Gasteiger partial charge is 0.497 e. The fourth-order valence-corrected chi connectivity index (χ4v) is 4.23. The average Bonchev–Trinajstić information content (AvgIpc) is 3.48. The van der Waals surface area contributed by atoms with Gasteiger partial charge in [0.25, 0.3) is 0 Å². The smallest absolute Gasteiger partial charge is 0.346 e. The van der Waals surface area contributed by atoms with Gasteiger partial charge in [0.2, 0.25) is 5.88 Å². The van der Waals surface area contributed by atoms with Gasteiger partial charge in [-0.25, -0.2) is 9.78 Å². The molecule has 1 N–H and O–H groups in total. The Hall–Kier alpha value is -3.50. The van der Waals surface area contributed by atoms with E-state index in [1.807, 2.05) is 18.3 Å². The predicted molar refractivity (Wildman–Crippen MR) is 125 cm³/mol. The highest BCUT2D eigenvalue weighted by Crippen LogP contribution is 2.33. The quantitative estimate of drug-likeness (QED) is 0.345. The molecule has 4 aromatic rings. The van der Waals surface area contributed by atoms with Gasteiger partial charge in [-0.3, -0.25) is 0 Å². The van der Waals surface area contributed by atoms with E-state index in [1.165, 1.54) is 7.11 Å². The van der Waals surface area contributed by atoms with E-state index >= 15 is 0 Å². The number of ether oxygens (including phenoxy) is 4. The van der Waals surface area contributed by atoms with Crippen LogP contribution in [0.2, 0.25) is 5.02 Å². The van der Waals surface area contributed by atoms with Gasteiger partial charge in [0.1, 0.15) is 23.1 Å². The molecular formula is C22H21ClN4O5S. The Balaban J connectivity index is 1.53. The molecule has 0 radical (unpaired) electrons. The fourth-order valence-electron chi connectivity index (χ4n) is 3.23. The molecule has 3 heterocycles. The van der Waals surface area contributed by atoms with E-state index in [0.29, 0.717) is 28.1 Å². The molecule has 4 rings (SSSR count). The summed E-state index contributed by atoms with van der Waals surface area (Å²) in [7, 11) is 4.49. The molecule has 3 aromatic heterocycles. The van der Waals surface area contributed by atoms with E-state index in [4.69, 9.17) is 30.5 Å². The Bertz CT molecular complexity index is 1290. The molecule has 0 saturated carbocycles. The van der Waals surface area contributed by atoms with E-state index < -0.39 is 5.97 Å². The van der Waals surface area contributed by atoms with E-state index in [2.05, 4.69) is 14.7 Å². The monoisotopic (exact) mass is 488 g/mol. The molecule has 11 heteroatoms. The molecule has 33 heavy (non-hydrogen) atoms. The number of hydrogen-bond donors (Lipinski definition) is 1. The average molecular weight is 489 g/mol. The van der Waals surface area contributed by atoms with Crippen molar-refractivity contribution in [3.05, 3.63) is 64.7 Å². The zero-order valence-corrected chi connectivity index (χ0v) is 19.7. The van der Waals surface area contributed by atoms with Crippen LogP contribution in [0.3, 0.4) is 0 Å². The van der Waals surface area contributed by atoms with Crippen molar-refractivity contribution in [2.45, 2.75) is 13.2 Å². The van der Waals surface area contributed by atoms with Crippen LogP contribution in [-0.4, -0.2) is 41.1 Å². The van der Waals surface area contributed by atoms with Gasteiger partial charge in [0.05, 0.1) is 44.4 Å². The van der Waals surface area contributed by atoms with E-state index in [1.54, 1.807) is 43.3 Å². The Morgan fingerprint density at radius 2 is 2.06 bits per heavy atom. The lowest BCUT2D eigenvalue weighted by Crippen LogP contribution is -2.09. The number of carbonyl (C=O) groups is 1. The van der Waals surface area contributed by atoms with E-state index in [-0.39, 0.29) is 18.1 Å². The number of esters is 1. The Labute approximate surface area is 199 Å². The van der Waals surface area contributed by atoms with Gasteiger partial charge in [-0.15, -0.1) is 0 Å². The normalized spacial score (nSPS) is 10.8. The van der Waals surface area contributed by atoms with Gasteiger partial charge in [0.15, 0.2) is 5.56 Å². The number of rotatable bonds is 9. The Morgan fingerprint density at radius 3 is 2.82 bits per heavy atom. The molecule has 0 aliphatic rings. The SMILES string of the molecule is COC(=O)c1c(OCc2cc(Cl)c3cncn3c2)nsc1NCc1ccc(OC)cc1OC. The summed E-state index contributed by atoms with van der Waals surface area (Å²) in [4.78, 5) is 16.6. The molecule has 0 saturated heterocycles. The Kier molecular flexibility index (Phi) is 6.85. The molecule has 0 amide bonds. The number of benzene rings is 1. The van der Waals surface area contributed by atoms with Crippen molar-refractivity contribution in [2.75, 3.05) is 26.6 Å². The summed E-state index contributed by atoms with van der Waals surface area (Å²) in [5.74, 6) is 0.978. The minimum Gasteiger partial charge on any atom is -0.497 e. The fraction of sp³-hybridized carbons (Fsp3) is 0.227. The standard InChI is InChI=1S/C22H21ClN4O5S/c1-29-15-5-4-14(18(7-15)30-2)8-25-21-19(22(28)31-3)20(26-33-21)32-11-13-6-16(23)17-9-24-12-27(17)10-13/h4-7,9-10,12,25H,8,11H2,1-3H3. The molecule has 9 nitrogen and oxygen atoms in total. The summed E-state index contributed by atoms with van der Waals surface area (Å²) in [6.45, 7) is 0.555. The number of pyridine rings is 1. The maximum Gasteiger partial charge on any atom is 0.346 e. The minimum absolute atomic E-state index is 0.160. The molecule has 0 spiro atoms. The van der Waals surface area contributed by atoms with Crippen molar-refractivity contribution in [1.29, 1.82) is 0 Å². The first-order valence-corrected chi connectivity index (χ1v) is 10.9. The molecule has 0 aliphatic carbocycles. The highest BCUT2D eigenvalue weighted by Gasteiger charge is 2.24. The summed E-state index contributed by atoms with van der Waals surface area (Å²) < 4.78 is 27.6. The zero-order valence-electron chi connectivity index (χ0n) is 18.1. The van der Waals surface area contributed by atoms with Crippen molar-refractivity contribution in [3.63, 3.8) is 0 Å². The minimum atomic E-state index is -0.550. The lowest BCUT2D eigenvalue weighted by Gasteiger charge is -2.12. The number of aromatic nitrogens is 3. The van der Waals surface area contributed by atoms with Crippen molar-refractivity contribution in [1.82, 2.24) is 13.8 Å². The number of halogens is 1.